The molecule has 0 saturated carbocycles. The molecule has 3 aliphatic rings. The zero-order chi connectivity index (χ0) is 15.5. The van der Waals surface area contributed by atoms with Gasteiger partial charge in [0.2, 0.25) is 5.91 Å². The number of allylic oxidation sites excluding steroid dienone is 2. The quantitative estimate of drug-likeness (QED) is 0.793. The molecule has 2 saturated heterocycles. The molecule has 0 aromatic rings. The molecule has 122 valence electrons. The van der Waals surface area contributed by atoms with Crippen molar-refractivity contribution in [2.75, 3.05) is 26.2 Å². The Hall–Kier alpha value is -1.52. The highest BCUT2D eigenvalue weighted by molar-refractivity contribution is 5.86. The first kappa shape index (κ1) is 15.4. The lowest BCUT2D eigenvalue weighted by Crippen LogP contribution is -2.51. The molecule has 5 heteroatoms. The molecule has 0 aromatic carbocycles. The van der Waals surface area contributed by atoms with E-state index in [2.05, 4.69) is 17.5 Å². The molecule has 3 rings (SSSR count). The van der Waals surface area contributed by atoms with Gasteiger partial charge in [-0.2, -0.15) is 0 Å². The van der Waals surface area contributed by atoms with Crippen LogP contribution >= 0.6 is 0 Å². The van der Waals surface area contributed by atoms with Crippen LogP contribution in [0.4, 0.5) is 4.79 Å². The predicted octanol–water partition coefficient (Wildman–Crippen LogP) is 1.99. The molecular weight excluding hydrogens is 278 g/mol. The number of urea groups is 1. The van der Waals surface area contributed by atoms with E-state index in [-0.39, 0.29) is 11.9 Å². The van der Waals surface area contributed by atoms with E-state index < -0.39 is 6.04 Å². The van der Waals surface area contributed by atoms with E-state index in [1.54, 1.807) is 6.92 Å². The first-order valence-corrected chi connectivity index (χ1v) is 8.64. The van der Waals surface area contributed by atoms with E-state index in [1.807, 2.05) is 9.80 Å². The molecule has 0 spiro atoms. The second-order valence-corrected chi connectivity index (χ2v) is 6.93. The number of hydrogen-bond acceptors (Lipinski definition) is 2. The number of nitrogens with zero attached hydrogens (tertiary/aromatic N) is 2. The van der Waals surface area contributed by atoms with Crippen molar-refractivity contribution < 1.29 is 9.59 Å². The second-order valence-electron chi connectivity index (χ2n) is 6.93. The van der Waals surface area contributed by atoms with Crippen LogP contribution in [0.1, 0.15) is 39.0 Å². The van der Waals surface area contributed by atoms with Gasteiger partial charge >= 0.3 is 6.03 Å². The van der Waals surface area contributed by atoms with Crippen LogP contribution in [0.25, 0.3) is 0 Å². The predicted molar refractivity (Wildman–Crippen MR) is 85.4 cm³/mol. The van der Waals surface area contributed by atoms with Crippen LogP contribution in [0.3, 0.4) is 0 Å². The summed E-state index contributed by atoms with van der Waals surface area (Å²) in [5.74, 6) is 1.26. The van der Waals surface area contributed by atoms with E-state index in [0.29, 0.717) is 11.8 Å². The third-order valence-corrected chi connectivity index (χ3v) is 5.29. The number of hydrogen-bond donors (Lipinski definition) is 1. The normalized spacial score (nSPS) is 29.1. The molecule has 3 atom stereocenters. The molecule has 2 heterocycles. The maximum atomic E-state index is 12.4. The second kappa shape index (κ2) is 6.71. The summed E-state index contributed by atoms with van der Waals surface area (Å²) in [6.07, 6.45) is 9.97. The minimum atomic E-state index is -0.425. The third kappa shape index (κ3) is 3.28. The first-order valence-electron chi connectivity index (χ1n) is 8.64. The summed E-state index contributed by atoms with van der Waals surface area (Å²) in [7, 11) is 0. The van der Waals surface area contributed by atoms with Crippen LogP contribution in [-0.2, 0) is 4.79 Å². The molecule has 0 unspecified atom stereocenters. The van der Waals surface area contributed by atoms with Gasteiger partial charge in [-0.05, 0) is 50.9 Å². The maximum absolute atomic E-state index is 12.4. The fourth-order valence-corrected chi connectivity index (χ4v) is 3.91. The lowest BCUT2D eigenvalue weighted by molar-refractivity contribution is -0.133. The molecule has 0 aromatic heterocycles. The van der Waals surface area contributed by atoms with Crippen molar-refractivity contribution in [2.45, 2.75) is 45.1 Å². The Morgan fingerprint density at radius 3 is 2.18 bits per heavy atom. The van der Waals surface area contributed by atoms with Crippen LogP contribution < -0.4 is 5.32 Å². The highest BCUT2D eigenvalue weighted by Crippen LogP contribution is 2.32. The molecule has 1 aliphatic carbocycles. The van der Waals surface area contributed by atoms with E-state index in [9.17, 15) is 9.59 Å². The van der Waals surface area contributed by atoms with Gasteiger partial charge in [0.1, 0.15) is 6.04 Å². The van der Waals surface area contributed by atoms with E-state index in [1.165, 1.54) is 6.42 Å². The molecule has 0 radical (unpaired) electrons. The average Bonchev–Trinajstić information content (AvgIpc) is 2.99. The Bertz CT molecular complexity index is 441. The summed E-state index contributed by atoms with van der Waals surface area (Å²) in [5.41, 5.74) is 0. The number of fused-ring (bicyclic) bond motifs is 1. The topological polar surface area (TPSA) is 52.7 Å². The van der Waals surface area contributed by atoms with Crippen molar-refractivity contribution in [3.63, 3.8) is 0 Å². The molecule has 2 fully saturated rings. The fraction of sp³-hybridized carbons (Fsp3) is 0.765. The zero-order valence-electron chi connectivity index (χ0n) is 13.5. The van der Waals surface area contributed by atoms with E-state index in [4.69, 9.17) is 0 Å². The van der Waals surface area contributed by atoms with Crippen molar-refractivity contribution >= 4 is 11.9 Å². The van der Waals surface area contributed by atoms with Crippen molar-refractivity contribution in [1.82, 2.24) is 15.1 Å². The van der Waals surface area contributed by atoms with Crippen LogP contribution in [0.15, 0.2) is 12.2 Å². The minimum Gasteiger partial charge on any atom is -0.341 e. The van der Waals surface area contributed by atoms with Gasteiger partial charge in [-0.25, -0.2) is 4.79 Å². The standard InChI is InChI=1S/C17H27N3O2/c1-13(16(21)19-9-5-2-6-10-19)18-17(22)20-11-14-7-3-4-8-15(14)12-20/h3-4,13-15H,2,5-12H2,1H3,(H,18,22)/t13-,14-,15+/m0/s1. The summed E-state index contributed by atoms with van der Waals surface area (Å²) >= 11 is 0. The van der Waals surface area contributed by atoms with Gasteiger partial charge in [-0.1, -0.05) is 12.2 Å². The summed E-state index contributed by atoms with van der Waals surface area (Å²) in [6.45, 7) is 5.12. The lowest BCUT2D eigenvalue weighted by atomic mass is 9.86. The molecular formula is C17H27N3O2. The Morgan fingerprint density at radius 1 is 1.00 bits per heavy atom. The lowest BCUT2D eigenvalue weighted by Gasteiger charge is -2.30. The monoisotopic (exact) mass is 305 g/mol. The van der Waals surface area contributed by atoms with E-state index >= 15 is 0 Å². The summed E-state index contributed by atoms with van der Waals surface area (Å²) in [6, 6.07) is -0.501. The highest BCUT2D eigenvalue weighted by Gasteiger charge is 2.36. The Kier molecular flexibility index (Phi) is 4.69. The Balaban J connectivity index is 1.50. The maximum Gasteiger partial charge on any atom is 0.318 e. The van der Waals surface area contributed by atoms with Crippen LogP contribution in [0.5, 0.6) is 0 Å². The van der Waals surface area contributed by atoms with E-state index in [0.717, 1.165) is 51.9 Å². The Labute approximate surface area is 132 Å². The summed E-state index contributed by atoms with van der Waals surface area (Å²) in [4.78, 5) is 28.6. The molecule has 22 heavy (non-hydrogen) atoms. The van der Waals surface area contributed by atoms with Gasteiger partial charge in [-0.3, -0.25) is 4.79 Å². The SMILES string of the molecule is C[C@H](NC(=O)N1C[C@H]2CC=CC[C@H]2C1)C(=O)N1CCCCC1. The van der Waals surface area contributed by atoms with Gasteiger partial charge in [0.15, 0.2) is 0 Å². The zero-order valence-corrected chi connectivity index (χ0v) is 13.5. The molecule has 1 N–H and O–H groups in total. The number of carbonyl (C=O) groups is 2. The largest absolute Gasteiger partial charge is 0.341 e. The minimum absolute atomic E-state index is 0.0614. The van der Waals surface area contributed by atoms with Crippen molar-refractivity contribution in [1.29, 1.82) is 0 Å². The first-order chi connectivity index (χ1) is 10.6. The number of carbonyl (C=O) groups excluding carboxylic acids is 2. The number of amides is 3. The van der Waals surface area contributed by atoms with Crippen LogP contribution in [0, 0.1) is 11.8 Å². The van der Waals surface area contributed by atoms with Gasteiger partial charge in [0.25, 0.3) is 0 Å². The fourth-order valence-electron chi connectivity index (χ4n) is 3.91. The number of nitrogens with one attached hydrogen (secondary N) is 1. The number of piperidine rings is 1. The van der Waals surface area contributed by atoms with Gasteiger partial charge in [-0.15, -0.1) is 0 Å². The average molecular weight is 305 g/mol. The molecule has 5 nitrogen and oxygen atoms in total. The van der Waals surface area contributed by atoms with Gasteiger partial charge in [0.05, 0.1) is 0 Å². The van der Waals surface area contributed by atoms with Crippen molar-refractivity contribution in [2.24, 2.45) is 11.8 Å². The molecule has 2 aliphatic heterocycles. The number of rotatable bonds is 2. The van der Waals surface area contributed by atoms with Crippen molar-refractivity contribution in [3.8, 4) is 0 Å². The van der Waals surface area contributed by atoms with Gasteiger partial charge in [0, 0.05) is 26.2 Å². The molecule has 3 amide bonds. The summed E-state index contributed by atoms with van der Waals surface area (Å²) < 4.78 is 0. The highest BCUT2D eigenvalue weighted by atomic mass is 16.2. The van der Waals surface area contributed by atoms with Crippen molar-refractivity contribution in [3.05, 3.63) is 12.2 Å². The smallest absolute Gasteiger partial charge is 0.318 e. The summed E-state index contributed by atoms with van der Waals surface area (Å²) in [5, 5.41) is 2.90. The van der Waals surface area contributed by atoms with Gasteiger partial charge < -0.3 is 15.1 Å². The van der Waals surface area contributed by atoms with Crippen LogP contribution in [0.2, 0.25) is 0 Å². The number of likely N-dealkylation sites (tertiary alicyclic amines) is 2. The van der Waals surface area contributed by atoms with Crippen LogP contribution in [-0.4, -0.2) is 54.0 Å². The Morgan fingerprint density at radius 2 is 1.59 bits per heavy atom. The molecule has 0 bridgehead atoms. The third-order valence-electron chi connectivity index (χ3n) is 5.29.